The fourth-order valence-corrected chi connectivity index (χ4v) is 2.10. The molecule has 0 aliphatic heterocycles. The topological polar surface area (TPSA) is 9.23 Å². The zero-order valence-electron chi connectivity index (χ0n) is 8.88. The predicted octanol–water partition coefficient (Wildman–Crippen LogP) is 3.10. The monoisotopic (exact) mass is 190 g/mol. The van der Waals surface area contributed by atoms with Gasteiger partial charge in [-0.1, -0.05) is 18.2 Å². The zero-order chi connectivity index (χ0) is 9.80. The van der Waals surface area contributed by atoms with Crippen LogP contribution in [0.1, 0.15) is 36.5 Å². The first-order chi connectivity index (χ1) is 6.90. The van der Waals surface area contributed by atoms with Crippen molar-refractivity contribution in [3.8, 4) is 0 Å². The van der Waals surface area contributed by atoms with Gasteiger partial charge in [-0.15, -0.1) is 0 Å². The predicted molar refractivity (Wildman–Crippen MR) is 58.4 cm³/mol. The number of benzene rings is 1. The van der Waals surface area contributed by atoms with E-state index in [2.05, 4.69) is 18.2 Å². The highest BCUT2D eigenvalue weighted by Crippen LogP contribution is 2.22. The molecule has 1 nitrogen and oxygen atoms in total. The van der Waals surface area contributed by atoms with E-state index in [1.54, 1.807) is 11.1 Å². The van der Waals surface area contributed by atoms with Crippen molar-refractivity contribution in [2.24, 2.45) is 0 Å². The summed E-state index contributed by atoms with van der Waals surface area (Å²) < 4.78 is 5.41. The fraction of sp³-hybridized carbons (Fsp3) is 0.538. The highest BCUT2D eigenvalue weighted by Gasteiger charge is 2.08. The Morgan fingerprint density at radius 3 is 2.71 bits per heavy atom. The van der Waals surface area contributed by atoms with Crippen LogP contribution in [0.3, 0.4) is 0 Å². The smallest absolute Gasteiger partial charge is 0.0716 e. The minimum absolute atomic E-state index is 0.768. The molecule has 0 heterocycles. The molecule has 2 rings (SSSR count). The molecule has 1 aliphatic rings. The minimum Gasteiger partial charge on any atom is -0.377 e. The maximum Gasteiger partial charge on any atom is 0.0716 e. The molecule has 0 N–H and O–H groups in total. The first-order valence-electron chi connectivity index (χ1n) is 5.58. The van der Waals surface area contributed by atoms with Gasteiger partial charge < -0.3 is 4.74 Å². The van der Waals surface area contributed by atoms with Crippen LogP contribution in [0.25, 0.3) is 0 Å². The van der Waals surface area contributed by atoms with Crippen LogP contribution in [0, 0.1) is 0 Å². The zero-order valence-corrected chi connectivity index (χ0v) is 8.88. The van der Waals surface area contributed by atoms with Crippen molar-refractivity contribution >= 4 is 0 Å². The van der Waals surface area contributed by atoms with Crippen LogP contribution in [-0.4, -0.2) is 6.61 Å². The average molecular weight is 190 g/mol. The molecule has 0 fully saturated rings. The molecule has 1 aliphatic carbocycles. The molecule has 1 aromatic rings. The molecule has 0 spiro atoms. The van der Waals surface area contributed by atoms with Gasteiger partial charge in [-0.05, 0) is 49.3 Å². The Kier molecular flexibility index (Phi) is 3.20. The number of ether oxygens (including phenoxy) is 1. The molecular formula is C13H18O. The lowest BCUT2D eigenvalue weighted by atomic mass is 9.90. The van der Waals surface area contributed by atoms with E-state index in [0.717, 1.165) is 13.2 Å². The molecule has 0 bridgehead atoms. The molecule has 0 atom stereocenters. The Morgan fingerprint density at radius 1 is 1.14 bits per heavy atom. The lowest BCUT2D eigenvalue weighted by Crippen LogP contribution is -2.03. The van der Waals surface area contributed by atoms with Crippen LogP contribution in [0.4, 0.5) is 0 Å². The van der Waals surface area contributed by atoms with E-state index in [0.29, 0.717) is 0 Å². The molecule has 14 heavy (non-hydrogen) atoms. The summed E-state index contributed by atoms with van der Waals surface area (Å²) in [4.78, 5) is 0. The van der Waals surface area contributed by atoms with Crippen LogP contribution in [0.5, 0.6) is 0 Å². The summed E-state index contributed by atoms with van der Waals surface area (Å²) in [7, 11) is 0. The second-order valence-electron chi connectivity index (χ2n) is 3.95. The Balaban J connectivity index is 2.12. The molecular weight excluding hydrogens is 172 g/mol. The van der Waals surface area contributed by atoms with Crippen LogP contribution < -0.4 is 0 Å². The Hall–Kier alpha value is -0.820. The van der Waals surface area contributed by atoms with Gasteiger partial charge in [0.15, 0.2) is 0 Å². The van der Waals surface area contributed by atoms with E-state index < -0.39 is 0 Å². The van der Waals surface area contributed by atoms with Crippen LogP contribution in [0.15, 0.2) is 18.2 Å². The van der Waals surface area contributed by atoms with Crippen molar-refractivity contribution < 1.29 is 4.74 Å². The second kappa shape index (κ2) is 4.61. The summed E-state index contributed by atoms with van der Waals surface area (Å²) in [5.41, 5.74) is 4.43. The molecule has 0 radical (unpaired) electrons. The first-order valence-corrected chi connectivity index (χ1v) is 5.58. The molecule has 1 heteroatoms. The first kappa shape index (κ1) is 9.72. The van der Waals surface area contributed by atoms with Crippen LogP contribution in [0.2, 0.25) is 0 Å². The minimum atomic E-state index is 0.768. The van der Waals surface area contributed by atoms with Gasteiger partial charge in [0.25, 0.3) is 0 Å². The third kappa shape index (κ3) is 2.16. The largest absolute Gasteiger partial charge is 0.377 e. The van der Waals surface area contributed by atoms with Crippen molar-refractivity contribution in [2.45, 2.75) is 39.2 Å². The molecule has 0 unspecified atom stereocenters. The Morgan fingerprint density at radius 2 is 1.93 bits per heavy atom. The molecule has 0 aromatic heterocycles. The SMILES string of the molecule is CCOCc1ccc2c(c1)CCCC2. The van der Waals surface area contributed by atoms with Gasteiger partial charge in [0.1, 0.15) is 0 Å². The Bertz CT molecular complexity index is 304. The lowest BCUT2D eigenvalue weighted by Gasteiger charge is -2.16. The third-order valence-corrected chi connectivity index (χ3v) is 2.89. The second-order valence-corrected chi connectivity index (χ2v) is 3.95. The van der Waals surface area contributed by atoms with Crippen molar-refractivity contribution in [1.82, 2.24) is 0 Å². The van der Waals surface area contributed by atoms with Gasteiger partial charge in [0, 0.05) is 6.61 Å². The number of aryl methyl sites for hydroxylation is 2. The van der Waals surface area contributed by atoms with E-state index in [9.17, 15) is 0 Å². The fourth-order valence-electron chi connectivity index (χ4n) is 2.10. The quantitative estimate of drug-likeness (QED) is 0.711. The number of rotatable bonds is 3. The molecule has 0 saturated carbocycles. The average Bonchev–Trinajstić information content (AvgIpc) is 2.26. The van der Waals surface area contributed by atoms with Crippen LogP contribution in [-0.2, 0) is 24.2 Å². The summed E-state index contributed by atoms with van der Waals surface area (Å²) in [5, 5.41) is 0. The Labute approximate surface area is 86.1 Å². The standard InChI is InChI=1S/C13H18O/c1-2-14-10-11-7-8-12-5-3-4-6-13(12)9-11/h7-9H,2-6,10H2,1H3. The maximum atomic E-state index is 5.41. The van der Waals surface area contributed by atoms with Gasteiger partial charge in [0.05, 0.1) is 6.61 Å². The van der Waals surface area contributed by atoms with Gasteiger partial charge in [-0.25, -0.2) is 0 Å². The summed E-state index contributed by atoms with van der Waals surface area (Å²) >= 11 is 0. The number of fused-ring (bicyclic) bond motifs is 1. The normalized spacial score (nSPS) is 15.2. The van der Waals surface area contributed by atoms with Crippen molar-refractivity contribution in [3.05, 3.63) is 34.9 Å². The third-order valence-electron chi connectivity index (χ3n) is 2.89. The van der Waals surface area contributed by atoms with Gasteiger partial charge in [-0.2, -0.15) is 0 Å². The molecule has 0 amide bonds. The van der Waals surface area contributed by atoms with Crippen molar-refractivity contribution in [3.63, 3.8) is 0 Å². The van der Waals surface area contributed by atoms with E-state index in [1.165, 1.54) is 31.2 Å². The lowest BCUT2D eigenvalue weighted by molar-refractivity contribution is 0.134. The highest BCUT2D eigenvalue weighted by atomic mass is 16.5. The van der Waals surface area contributed by atoms with E-state index in [4.69, 9.17) is 4.74 Å². The van der Waals surface area contributed by atoms with Crippen LogP contribution >= 0.6 is 0 Å². The summed E-state index contributed by atoms with van der Waals surface area (Å²) in [5.74, 6) is 0. The summed E-state index contributed by atoms with van der Waals surface area (Å²) in [6, 6.07) is 6.81. The molecule has 76 valence electrons. The molecule has 0 saturated heterocycles. The number of hydrogen-bond acceptors (Lipinski definition) is 1. The van der Waals surface area contributed by atoms with E-state index in [-0.39, 0.29) is 0 Å². The van der Waals surface area contributed by atoms with Gasteiger partial charge in [-0.3, -0.25) is 0 Å². The highest BCUT2D eigenvalue weighted by molar-refractivity contribution is 5.33. The van der Waals surface area contributed by atoms with Crippen molar-refractivity contribution in [1.29, 1.82) is 0 Å². The van der Waals surface area contributed by atoms with E-state index in [1.807, 2.05) is 6.92 Å². The van der Waals surface area contributed by atoms with Crippen molar-refractivity contribution in [2.75, 3.05) is 6.61 Å². The summed E-state index contributed by atoms with van der Waals surface area (Å²) in [6.07, 6.45) is 5.24. The number of hydrogen-bond donors (Lipinski definition) is 0. The molecule has 1 aromatic carbocycles. The van der Waals surface area contributed by atoms with E-state index >= 15 is 0 Å². The maximum absolute atomic E-state index is 5.41. The van der Waals surface area contributed by atoms with Gasteiger partial charge in [0.2, 0.25) is 0 Å². The van der Waals surface area contributed by atoms with Gasteiger partial charge >= 0.3 is 0 Å². The summed E-state index contributed by atoms with van der Waals surface area (Å²) in [6.45, 7) is 3.61.